The van der Waals surface area contributed by atoms with Gasteiger partial charge >= 0.3 is 0 Å². The summed E-state index contributed by atoms with van der Waals surface area (Å²) in [6, 6.07) is 7.66. The van der Waals surface area contributed by atoms with Crippen LogP contribution < -0.4 is 15.4 Å². The van der Waals surface area contributed by atoms with Gasteiger partial charge in [0.25, 0.3) is 0 Å². The highest BCUT2D eigenvalue weighted by Gasteiger charge is 2.03. The molecule has 0 saturated carbocycles. The highest BCUT2D eigenvalue weighted by atomic mass is 79.9. The fourth-order valence-corrected chi connectivity index (χ4v) is 2.21. The summed E-state index contributed by atoms with van der Waals surface area (Å²) in [5.41, 5.74) is 0.929. The van der Waals surface area contributed by atoms with Gasteiger partial charge in [0.1, 0.15) is 23.7 Å². The number of methoxy groups -OCH3 is 1. The van der Waals surface area contributed by atoms with Crippen LogP contribution in [0.1, 0.15) is 13.3 Å². The minimum atomic E-state index is 0.746. The van der Waals surface area contributed by atoms with Crippen molar-refractivity contribution in [1.29, 1.82) is 0 Å². The van der Waals surface area contributed by atoms with Crippen LogP contribution >= 0.6 is 15.9 Å². The number of hydrogen-bond donors (Lipinski definition) is 2. The van der Waals surface area contributed by atoms with E-state index in [1.165, 1.54) is 0 Å². The van der Waals surface area contributed by atoms with Crippen LogP contribution in [0.25, 0.3) is 0 Å². The Balaban J connectivity index is 2.11. The molecule has 1 heterocycles. The lowest BCUT2D eigenvalue weighted by Gasteiger charge is -2.09. The fourth-order valence-electron chi connectivity index (χ4n) is 1.67. The summed E-state index contributed by atoms with van der Waals surface area (Å²) in [6.07, 6.45) is 2.59. The molecule has 6 heteroatoms. The van der Waals surface area contributed by atoms with Crippen molar-refractivity contribution >= 4 is 33.3 Å². The molecule has 1 aromatic carbocycles. The molecule has 106 valence electrons. The quantitative estimate of drug-likeness (QED) is 0.839. The van der Waals surface area contributed by atoms with Crippen molar-refractivity contribution in [3.63, 3.8) is 0 Å². The lowest BCUT2D eigenvalue weighted by Crippen LogP contribution is -2.03. The number of nitrogens with zero attached hydrogens (tertiary/aromatic N) is 2. The van der Waals surface area contributed by atoms with E-state index in [0.29, 0.717) is 0 Å². The second-order valence-corrected chi connectivity index (χ2v) is 5.04. The molecular formula is C14H17BrN4O. The van der Waals surface area contributed by atoms with Gasteiger partial charge < -0.3 is 15.4 Å². The van der Waals surface area contributed by atoms with E-state index in [-0.39, 0.29) is 0 Å². The van der Waals surface area contributed by atoms with Gasteiger partial charge in [-0.15, -0.1) is 0 Å². The maximum Gasteiger partial charge on any atom is 0.135 e. The fraction of sp³-hybridized carbons (Fsp3) is 0.286. The predicted molar refractivity (Wildman–Crippen MR) is 84.8 cm³/mol. The Kier molecular flexibility index (Phi) is 5.17. The van der Waals surface area contributed by atoms with Gasteiger partial charge in [0, 0.05) is 18.3 Å². The Morgan fingerprint density at radius 2 is 2.00 bits per heavy atom. The minimum Gasteiger partial charge on any atom is -0.496 e. The molecule has 2 N–H and O–H groups in total. The van der Waals surface area contributed by atoms with E-state index >= 15 is 0 Å². The third-order valence-corrected chi connectivity index (χ3v) is 3.27. The van der Waals surface area contributed by atoms with Gasteiger partial charge in [-0.25, -0.2) is 9.97 Å². The second-order valence-electron chi connectivity index (χ2n) is 4.19. The first kappa shape index (κ1) is 14.6. The van der Waals surface area contributed by atoms with E-state index in [9.17, 15) is 0 Å². The molecule has 5 nitrogen and oxygen atoms in total. The van der Waals surface area contributed by atoms with Crippen LogP contribution in [0, 0.1) is 0 Å². The van der Waals surface area contributed by atoms with Crippen molar-refractivity contribution in [3.8, 4) is 5.75 Å². The number of ether oxygens (including phenoxy) is 1. The molecule has 2 aromatic rings. The molecule has 0 saturated heterocycles. The number of nitrogens with one attached hydrogen (secondary N) is 2. The largest absolute Gasteiger partial charge is 0.496 e. The van der Waals surface area contributed by atoms with Gasteiger partial charge in [-0.1, -0.05) is 6.92 Å². The number of halogens is 1. The summed E-state index contributed by atoms with van der Waals surface area (Å²) < 4.78 is 6.10. The smallest absolute Gasteiger partial charge is 0.135 e. The molecule has 0 aliphatic heterocycles. The first-order valence-electron chi connectivity index (χ1n) is 6.39. The summed E-state index contributed by atoms with van der Waals surface area (Å²) in [5, 5.41) is 6.47. The van der Waals surface area contributed by atoms with Crippen LogP contribution in [-0.2, 0) is 0 Å². The Morgan fingerprint density at radius 1 is 1.20 bits per heavy atom. The van der Waals surface area contributed by atoms with E-state index < -0.39 is 0 Å². The monoisotopic (exact) mass is 336 g/mol. The van der Waals surface area contributed by atoms with Gasteiger partial charge in [0.15, 0.2) is 0 Å². The predicted octanol–water partition coefficient (Wildman–Crippen LogP) is 3.81. The summed E-state index contributed by atoms with van der Waals surface area (Å²) in [7, 11) is 1.64. The highest BCUT2D eigenvalue weighted by Crippen LogP contribution is 2.29. The second kappa shape index (κ2) is 7.09. The molecule has 0 aliphatic carbocycles. The van der Waals surface area contributed by atoms with Crippen LogP contribution in [0.4, 0.5) is 17.3 Å². The molecule has 0 aliphatic rings. The van der Waals surface area contributed by atoms with E-state index in [4.69, 9.17) is 4.74 Å². The summed E-state index contributed by atoms with van der Waals surface area (Å²) in [4.78, 5) is 8.38. The highest BCUT2D eigenvalue weighted by molar-refractivity contribution is 9.10. The molecule has 0 spiro atoms. The third kappa shape index (κ3) is 3.84. The van der Waals surface area contributed by atoms with Crippen molar-refractivity contribution in [2.24, 2.45) is 0 Å². The Labute approximate surface area is 126 Å². The average Bonchev–Trinajstić information content (AvgIpc) is 2.46. The van der Waals surface area contributed by atoms with Crippen LogP contribution in [0.3, 0.4) is 0 Å². The molecule has 1 aromatic heterocycles. The van der Waals surface area contributed by atoms with Gasteiger partial charge in [0.05, 0.1) is 11.6 Å². The van der Waals surface area contributed by atoms with Crippen LogP contribution in [0.15, 0.2) is 35.1 Å². The van der Waals surface area contributed by atoms with Crippen LogP contribution in [-0.4, -0.2) is 23.6 Å². The molecule has 20 heavy (non-hydrogen) atoms. The molecule has 2 rings (SSSR count). The van der Waals surface area contributed by atoms with Crippen molar-refractivity contribution in [1.82, 2.24) is 9.97 Å². The Morgan fingerprint density at radius 3 is 2.70 bits per heavy atom. The number of rotatable bonds is 6. The maximum atomic E-state index is 5.20. The first-order chi connectivity index (χ1) is 9.72. The van der Waals surface area contributed by atoms with Crippen molar-refractivity contribution in [2.45, 2.75) is 13.3 Å². The summed E-state index contributed by atoms with van der Waals surface area (Å²) >= 11 is 3.46. The lowest BCUT2D eigenvalue weighted by atomic mass is 10.3. The average molecular weight is 337 g/mol. The number of hydrogen-bond acceptors (Lipinski definition) is 5. The standard InChI is InChI=1S/C14H17BrN4O/c1-3-6-16-13-8-14(18-9-17-13)19-10-4-5-12(20-2)11(15)7-10/h4-5,7-9H,3,6H2,1-2H3,(H2,16,17,18,19). The lowest BCUT2D eigenvalue weighted by molar-refractivity contribution is 0.412. The first-order valence-corrected chi connectivity index (χ1v) is 7.18. The van der Waals surface area contributed by atoms with Gasteiger partial charge in [-0.2, -0.15) is 0 Å². The number of benzene rings is 1. The molecule has 0 bridgehead atoms. The van der Waals surface area contributed by atoms with Gasteiger partial charge in [0.2, 0.25) is 0 Å². The molecule has 0 fully saturated rings. The number of aromatic nitrogens is 2. The minimum absolute atomic E-state index is 0.746. The van der Waals surface area contributed by atoms with E-state index in [0.717, 1.165) is 40.5 Å². The van der Waals surface area contributed by atoms with Gasteiger partial charge in [-0.05, 0) is 40.5 Å². The zero-order valence-electron chi connectivity index (χ0n) is 11.5. The number of anilines is 3. The van der Waals surface area contributed by atoms with Crippen LogP contribution in [0.2, 0.25) is 0 Å². The molecule has 0 radical (unpaired) electrons. The van der Waals surface area contributed by atoms with E-state index in [2.05, 4.69) is 43.5 Å². The van der Waals surface area contributed by atoms with Crippen molar-refractivity contribution in [2.75, 3.05) is 24.3 Å². The molecule has 0 amide bonds. The summed E-state index contributed by atoms with van der Waals surface area (Å²) in [5.74, 6) is 2.36. The SMILES string of the molecule is CCCNc1cc(Nc2ccc(OC)c(Br)c2)ncn1. The summed E-state index contributed by atoms with van der Waals surface area (Å²) in [6.45, 7) is 3.01. The topological polar surface area (TPSA) is 59.1 Å². The van der Waals surface area contributed by atoms with E-state index in [1.54, 1.807) is 13.4 Å². The Bertz CT molecular complexity index is 577. The zero-order valence-corrected chi connectivity index (χ0v) is 13.1. The maximum absolute atomic E-state index is 5.20. The normalized spacial score (nSPS) is 10.2. The van der Waals surface area contributed by atoms with Gasteiger partial charge in [-0.3, -0.25) is 0 Å². The van der Waals surface area contributed by atoms with E-state index in [1.807, 2.05) is 24.3 Å². The van der Waals surface area contributed by atoms with Crippen molar-refractivity contribution in [3.05, 3.63) is 35.1 Å². The Hall–Kier alpha value is -1.82. The third-order valence-electron chi connectivity index (χ3n) is 2.65. The van der Waals surface area contributed by atoms with Crippen LogP contribution in [0.5, 0.6) is 5.75 Å². The van der Waals surface area contributed by atoms with Crippen molar-refractivity contribution < 1.29 is 4.74 Å². The molecule has 0 unspecified atom stereocenters. The zero-order chi connectivity index (χ0) is 14.4. The molecular weight excluding hydrogens is 320 g/mol. The molecule has 0 atom stereocenters.